The van der Waals surface area contributed by atoms with Crippen LogP contribution in [0.25, 0.3) is 16.9 Å². The molecule has 4 aromatic rings. The number of imidazole rings is 1. The molecule has 1 aliphatic rings. The molecule has 0 saturated carbocycles. The number of rotatable bonds is 5. The number of carbonyl (C=O) groups is 2. The van der Waals surface area contributed by atoms with Crippen LogP contribution in [-0.2, 0) is 27.7 Å². The Kier molecular flexibility index (Phi) is 4.64. The molecule has 0 atom stereocenters. The highest BCUT2D eigenvalue weighted by Crippen LogP contribution is 2.36. The summed E-state index contributed by atoms with van der Waals surface area (Å²) < 4.78 is 28.4. The van der Waals surface area contributed by atoms with Gasteiger partial charge in [-0.25, -0.2) is 22.9 Å². The number of carbonyl (C=O) groups excluding carboxylic acids is 1. The van der Waals surface area contributed by atoms with Crippen molar-refractivity contribution in [2.45, 2.75) is 17.7 Å². The van der Waals surface area contributed by atoms with E-state index in [-0.39, 0.29) is 22.7 Å². The number of aromatic amines is 1. The number of hydrogen-bond donors (Lipinski definition) is 3. The number of nitrogens with one attached hydrogen (secondary N) is 2. The summed E-state index contributed by atoms with van der Waals surface area (Å²) in [5.41, 5.74) is 2.34. The highest BCUT2D eigenvalue weighted by Gasteiger charge is 2.27. The van der Waals surface area contributed by atoms with Gasteiger partial charge in [0, 0.05) is 18.2 Å². The standard InChI is InChI=1S/C22H16N4O6S/c27-18(25-33(31,32)13-6-2-1-3-7-13)9-12-5-4-8-14-15(12)10-17-19(14)24-21(28)20-23-16(22(29)30)11-26(17)20/h1-8,11H,9-10H2,(H,24,28)(H,25,27)(H,29,30). The van der Waals surface area contributed by atoms with E-state index in [0.717, 1.165) is 5.56 Å². The van der Waals surface area contributed by atoms with Crippen molar-refractivity contribution in [3.63, 3.8) is 0 Å². The Morgan fingerprint density at radius 3 is 2.61 bits per heavy atom. The molecular weight excluding hydrogens is 448 g/mol. The molecule has 2 aromatic heterocycles. The number of carboxylic acids is 1. The summed E-state index contributed by atoms with van der Waals surface area (Å²) in [5, 5.41) is 9.24. The van der Waals surface area contributed by atoms with E-state index in [9.17, 15) is 27.9 Å². The average molecular weight is 464 g/mol. The van der Waals surface area contributed by atoms with Crippen LogP contribution in [0, 0.1) is 0 Å². The smallest absolute Gasteiger partial charge is 0.356 e. The molecular formula is C22H16N4O6S. The van der Waals surface area contributed by atoms with Gasteiger partial charge in [-0.3, -0.25) is 14.0 Å². The molecule has 2 heterocycles. The summed E-state index contributed by atoms with van der Waals surface area (Å²) in [6.07, 6.45) is 1.40. The Labute approximate surface area is 186 Å². The van der Waals surface area contributed by atoms with Gasteiger partial charge in [-0.1, -0.05) is 36.4 Å². The van der Waals surface area contributed by atoms with E-state index in [1.807, 2.05) is 0 Å². The maximum Gasteiger partial charge on any atom is 0.356 e. The van der Waals surface area contributed by atoms with Crippen LogP contribution in [0.4, 0.5) is 0 Å². The number of aromatic nitrogens is 3. The topological polar surface area (TPSA) is 151 Å². The van der Waals surface area contributed by atoms with Gasteiger partial charge in [0.2, 0.25) is 11.6 Å². The lowest BCUT2D eigenvalue weighted by Crippen LogP contribution is -2.32. The normalized spacial score (nSPS) is 12.4. The fourth-order valence-electron chi connectivity index (χ4n) is 4.04. The number of H-pyrrole nitrogens is 1. The first-order valence-corrected chi connectivity index (χ1v) is 11.3. The number of sulfonamides is 1. The van der Waals surface area contributed by atoms with Gasteiger partial charge in [-0.05, 0) is 23.3 Å². The lowest BCUT2D eigenvalue weighted by atomic mass is 10.00. The summed E-state index contributed by atoms with van der Waals surface area (Å²) in [4.78, 5) is 43.0. The van der Waals surface area contributed by atoms with Gasteiger partial charge < -0.3 is 10.1 Å². The summed E-state index contributed by atoms with van der Waals surface area (Å²) in [7, 11) is -4.00. The van der Waals surface area contributed by atoms with E-state index in [2.05, 4.69) is 14.7 Å². The molecule has 166 valence electrons. The third-order valence-electron chi connectivity index (χ3n) is 5.49. The second-order valence-corrected chi connectivity index (χ2v) is 9.22. The molecule has 0 bridgehead atoms. The van der Waals surface area contributed by atoms with Crippen molar-refractivity contribution in [2.24, 2.45) is 0 Å². The monoisotopic (exact) mass is 464 g/mol. The Morgan fingerprint density at radius 1 is 1.12 bits per heavy atom. The minimum atomic E-state index is -4.00. The van der Waals surface area contributed by atoms with Crippen molar-refractivity contribution >= 4 is 27.5 Å². The Balaban J connectivity index is 1.48. The fraction of sp³-hybridized carbons (Fsp3) is 0.0909. The number of carboxylic acid groups (broad SMARTS) is 1. The molecule has 0 aliphatic heterocycles. The first-order valence-electron chi connectivity index (χ1n) is 9.84. The first kappa shape index (κ1) is 20.6. The highest BCUT2D eigenvalue weighted by atomic mass is 32.2. The minimum absolute atomic E-state index is 0.0154. The van der Waals surface area contributed by atoms with Gasteiger partial charge in [-0.2, -0.15) is 0 Å². The second kappa shape index (κ2) is 7.41. The maximum absolute atomic E-state index is 12.6. The molecule has 0 saturated heterocycles. The molecule has 0 fully saturated rings. The summed E-state index contributed by atoms with van der Waals surface area (Å²) in [6.45, 7) is 0. The van der Waals surface area contributed by atoms with Crippen molar-refractivity contribution in [1.29, 1.82) is 0 Å². The Hall–Kier alpha value is -4.25. The first-order chi connectivity index (χ1) is 15.7. The SMILES string of the molecule is O=C(Cc1cccc2c1Cc1c-2[nH]c(=O)c2nc(C(=O)O)cn12)NS(=O)(=O)c1ccccc1. The molecule has 33 heavy (non-hydrogen) atoms. The van der Waals surface area contributed by atoms with E-state index in [0.29, 0.717) is 28.9 Å². The van der Waals surface area contributed by atoms with Crippen LogP contribution in [0.15, 0.2) is 64.4 Å². The largest absolute Gasteiger partial charge is 0.476 e. The van der Waals surface area contributed by atoms with Crippen molar-refractivity contribution in [2.75, 3.05) is 0 Å². The molecule has 2 aromatic carbocycles. The summed E-state index contributed by atoms with van der Waals surface area (Å²) in [6, 6.07) is 12.8. The number of fused-ring (bicyclic) bond motifs is 5. The minimum Gasteiger partial charge on any atom is -0.476 e. The second-order valence-electron chi connectivity index (χ2n) is 7.54. The summed E-state index contributed by atoms with van der Waals surface area (Å²) >= 11 is 0. The quantitative estimate of drug-likeness (QED) is 0.355. The van der Waals surface area contributed by atoms with Crippen LogP contribution >= 0.6 is 0 Å². The molecule has 0 radical (unpaired) electrons. The van der Waals surface area contributed by atoms with Crippen LogP contribution in [0.2, 0.25) is 0 Å². The summed E-state index contributed by atoms with van der Waals surface area (Å²) in [5.74, 6) is -1.95. The predicted octanol–water partition coefficient (Wildman–Crippen LogP) is 1.34. The van der Waals surface area contributed by atoms with Gasteiger partial charge in [0.1, 0.15) is 0 Å². The zero-order valence-electron chi connectivity index (χ0n) is 16.9. The zero-order valence-corrected chi connectivity index (χ0v) is 17.7. The molecule has 1 aliphatic carbocycles. The van der Waals surface area contributed by atoms with Crippen molar-refractivity contribution < 1.29 is 23.1 Å². The molecule has 5 rings (SSSR count). The number of benzene rings is 2. The molecule has 11 heteroatoms. The molecule has 3 N–H and O–H groups in total. The fourth-order valence-corrected chi connectivity index (χ4v) is 5.04. The Morgan fingerprint density at radius 2 is 1.88 bits per heavy atom. The van der Waals surface area contributed by atoms with E-state index in [4.69, 9.17) is 0 Å². The van der Waals surface area contributed by atoms with Gasteiger partial charge in [0.25, 0.3) is 15.6 Å². The number of aromatic carboxylic acids is 1. The predicted molar refractivity (Wildman–Crippen MR) is 116 cm³/mol. The average Bonchev–Trinajstić information content (AvgIpc) is 3.38. The van der Waals surface area contributed by atoms with Crippen LogP contribution < -0.4 is 10.3 Å². The van der Waals surface area contributed by atoms with Gasteiger partial charge in [0.15, 0.2) is 5.69 Å². The Bertz CT molecular complexity index is 1620. The third kappa shape index (κ3) is 3.48. The van der Waals surface area contributed by atoms with Crippen molar-refractivity contribution in [1.82, 2.24) is 19.1 Å². The van der Waals surface area contributed by atoms with Crippen LogP contribution in [0.1, 0.15) is 27.3 Å². The lowest BCUT2D eigenvalue weighted by molar-refractivity contribution is -0.118. The lowest BCUT2D eigenvalue weighted by Gasteiger charge is -2.10. The van der Waals surface area contributed by atoms with Gasteiger partial charge in [0.05, 0.1) is 22.7 Å². The van der Waals surface area contributed by atoms with Crippen LogP contribution in [0.5, 0.6) is 0 Å². The molecule has 0 spiro atoms. The van der Waals surface area contributed by atoms with E-state index < -0.39 is 27.5 Å². The number of amides is 1. The zero-order chi connectivity index (χ0) is 23.3. The van der Waals surface area contributed by atoms with E-state index >= 15 is 0 Å². The third-order valence-corrected chi connectivity index (χ3v) is 6.87. The van der Waals surface area contributed by atoms with E-state index in [1.165, 1.54) is 22.7 Å². The molecule has 0 unspecified atom stereocenters. The number of hydrogen-bond acceptors (Lipinski definition) is 6. The molecule has 1 amide bonds. The highest BCUT2D eigenvalue weighted by molar-refractivity contribution is 7.90. The van der Waals surface area contributed by atoms with Crippen molar-refractivity contribution in [3.8, 4) is 11.3 Å². The van der Waals surface area contributed by atoms with E-state index in [1.54, 1.807) is 36.4 Å². The number of nitrogens with zero attached hydrogens (tertiary/aromatic N) is 2. The maximum atomic E-state index is 12.6. The van der Waals surface area contributed by atoms with Crippen molar-refractivity contribution in [3.05, 3.63) is 87.6 Å². The van der Waals surface area contributed by atoms with Crippen LogP contribution in [0.3, 0.4) is 0 Å². The van der Waals surface area contributed by atoms with Crippen LogP contribution in [-0.4, -0.2) is 39.8 Å². The van der Waals surface area contributed by atoms with Gasteiger partial charge in [-0.15, -0.1) is 0 Å². The van der Waals surface area contributed by atoms with Gasteiger partial charge >= 0.3 is 5.97 Å². The molecule has 10 nitrogen and oxygen atoms in total.